The van der Waals surface area contributed by atoms with Gasteiger partial charge >= 0.3 is 0 Å². The van der Waals surface area contributed by atoms with Crippen LogP contribution >= 0.6 is 0 Å². The first-order chi connectivity index (χ1) is 13.0. The van der Waals surface area contributed by atoms with Gasteiger partial charge in [-0.2, -0.15) is 4.31 Å². The Morgan fingerprint density at radius 2 is 1.78 bits per heavy atom. The quantitative estimate of drug-likeness (QED) is 0.560. The zero-order valence-corrected chi connectivity index (χ0v) is 15.7. The SMILES string of the molecule is O=C(NO)c1ccc(CN(Cc2cccnc2)S(=O)(=O)C2CCCC2)cc1. The Labute approximate surface area is 159 Å². The lowest BCUT2D eigenvalue weighted by atomic mass is 10.1. The van der Waals surface area contributed by atoms with Crippen molar-refractivity contribution in [2.75, 3.05) is 0 Å². The highest BCUT2D eigenvalue weighted by atomic mass is 32.2. The fourth-order valence-electron chi connectivity index (χ4n) is 3.36. The first-order valence-corrected chi connectivity index (χ1v) is 10.4. The molecule has 1 aliphatic rings. The summed E-state index contributed by atoms with van der Waals surface area (Å²) in [5.74, 6) is -0.604. The highest BCUT2D eigenvalue weighted by Gasteiger charge is 2.34. The Kier molecular flexibility index (Phi) is 6.20. The second kappa shape index (κ2) is 8.60. The van der Waals surface area contributed by atoms with Gasteiger partial charge in [0.05, 0.1) is 5.25 Å². The zero-order valence-electron chi connectivity index (χ0n) is 14.9. The van der Waals surface area contributed by atoms with Gasteiger partial charge in [-0.25, -0.2) is 13.9 Å². The predicted molar refractivity (Wildman–Crippen MR) is 100 cm³/mol. The first-order valence-electron chi connectivity index (χ1n) is 8.92. The van der Waals surface area contributed by atoms with Crippen LogP contribution < -0.4 is 5.48 Å². The molecule has 2 N–H and O–H groups in total. The van der Waals surface area contributed by atoms with Crippen LogP contribution in [0.15, 0.2) is 48.8 Å². The number of pyridine rings is 1. The maximum absolute atomic E-state index is 13.2. The molecule has 27 heavy (non-hydrogen) atoms. The van der Waals surface area contributed by atoms with Gasteiger partial charge in [0.2, 0.25) is 10.0 Å². The number of nitrogens with zero attached hydrogens (tertiary/aromatic N) is 2. The van der Waals surface area contributed by atoms with Crippen molar-refractivity contribution in [2.45, 2.75) is 44.0 Å². The van der Waals surface area contributed by atoms with Crippen LogP contribution in [-0.4, -0.2) is 34.1 Å². The number of amides is 1. The molecule has 0 aliphatic heterocycles. The number of hydroxylamine groups is 1. The van der Waals surface area contributed by atoms with Gasteiger partial charge < -0.3 is 0 Å². The first kappa shape index (κ1) is 19.5. The predicted octanol–water partition coefficient (Wildman–Crippen LogP) is 2.48. The molecule has 1 fully saturated rings. The van der Waals surface area contributed by atoms with E-state index in [1.807, 2.05) is 6.07 Å². The van der Waals surface area contributed by atoms with Crippen LogP contribution in [0, 0.1) is 0 Å². The number of benzene rings is 1. The summed E-state index contributed by atoms with van der Waals surface area (Å²) in [5.41, 5.74) is 3.49. The molecule has 0 saturated heterocycles. The van der Waals surface area contributed by atoms with Gasteiger partial charge in [0.15, 0.2) is 0 Å². The minimum atomic E-state index is -3.44. The normalized spacial score (nSPS) is 15.2. The van der Waals surface area contributed by atoms with E-state index in [1.165, 1.54) is 4.31 Å². The largest absolute Gasteiger partial charge is 0.288 e. The van der Waals surface area contributed by atoms with Crippen molar-refractivity contribution < 1.29 is 18.4 Å². The smallest absolute Gasteiger partial charge is 0.274 e. The third kappa shape index (κ3) is 4.71. The molecule has 1 saturated carbocycles. The number of carbonyl (C=O) groups is 1. The molecule has 1 aromatic heterocycles. The molecule has 0 bridgehead atoms. The molecular formula is C19H23N3O4S. The van der Waals surface area contributed by atoms with Gasteiger partial charge in [0, 0.05) is 31.0 Å². The number of sulfonamides is 1. The maximum Gasteiger partial charge on any atom is 0.274 e. The van der Waals surface area contributed by atoms with Crippen LogP contribution in [0.3, 0.4) is 0 Å². The van der Waals surface area contributed by atoms with Gasteiger partial charge in [-0.3, -0.25) is 15.0 Å². The molecule has 0 unspecified atom stereocenters. The van der Waals surface area contributed by atoms with Gasteiger partial charge in [-0.05, 0) is 42.2 Å². The number of hydrogen-bond donors (Lipinski definition) is 2. The average Bonchev–Trinajstić information content (AvgIpc) is 3.24. The summed E-state index contributed by atoms with van der Waals surface area (Å²) >= 11 is 0. The third-order valence-corrected chi connectivity index (χ3v) is 7.13. The summed E-state index contributed by atoms with van der Waals surface area (Å²) in [5, 5.41) is 8.36. The molecule has 0 spiro atoms. The summed E-state index contributed by atoms with van der Waals surface area (Å²) in [6.45, 7) is 0.473. The molecule has 1 aliphatic carbocycles. The number of nitrogens with one attached hydrogen (secondary N) is 1. The highest BCUT2D eigenvalue weighted by molar-refractivity contribution is 7.89. The Hall–Kier alpha value is -2.29. The lowest BCUT2D eigenvalue weighted by Crippen LogP contribution is -2.37. The van der Waals surface area contributed by atoms with Crippen LogP contribution in [0.1, 0.15) is 47.2 Å². The highest BCUT2D eigenvalue weighted by Crippen LogP contribution is 2.29. The summed E-state index contributed by atoms with van der Waals surface area (Å²) in [6, 6.07) is 10.2. The number of rotatable bonds is 7. The standard InChI is InChI=1S/C19H23N3O4S/c23-19(21-24)17-9-7-15(8-10-17)13-22(14-16-4-3-11-20-12-16)27(25,26)18-5-1-2-6-18/h3-4,7-12,18,24H,1-2,5-6,13-14H2,(H,21,23). The second-order valence-corrected chi connectivity index (χ2v) is 8.93. The van der Waals surface area contributed by atoms with Crippen LogP contribution in [0.2, 0.25) is 0 Å². The molecule has 2 aromatic rings. The van der Waals surface area contributed by atoms with Crippen molar-refractivity contribution in [1.82, 2.24) is 14.8 Å². The minimum Gasteiger partial charge on any atom is -0.288 e. The Morgan fingerprint density at radius 3 is 2.37 bits per heavy atom. The lowest BCUT2D eigenvalue weighted by Gasteiger charge is -2.26. The van der Waals surface area contributed by atoms with Crippen molar-refractivity contribution in [3.05, 3.63) is 65.5 Å². The van der Waals surface area contributed by atoms with Gasteiger partial charge in [0.25, 0.3) is 5.91 Å². The summed E-state index contributed by atoms with van der Waals surface area (Å²) < 4.78 is 27.8. The monoisotopic (exact) mass is 389 g/mol. The van der Waals surface area contributed by atoms with E-state index >= 15 is 0 Å². The lowest BCUT2D eigenvalue weighted by molar-refractivity contribution is 0.0706. The van der Waals surface area contributed by atoms with Crippen LogP contribution in [-0.2, 0) is 23.1 Å². The van der Waals surface area contributed by atoms with Gasteiger partial charge in [-0.15, -0.1) is 0 Å². The van der Waals surface area contributed by atoms with Crippen molar-refractivity contribution in [3.8, 4) is 0 Å². The van der Waals surface area contributed by atoms with Gasteiger partial charge in [-0.1, -0.05) is 31.0 Å². The van der Waals surface area contributed by atoms with Crippen molar-refractivity contribution in [2.24, 2.45) is 0 Å². The molecule has 1 heterocycles. The van der Waals surface area contributed by atoms with E-state index in [9.17, 15) is 13.2 Å². The number of hydrogen-bond acceptors (Lipinski definition) is 5. The topological polar surface area (TPSA) is 99.6 Å². The van der Waals surface area contributed by atoms with Crippen LogP contribution in [0.5, 0.6) is 0 Å². The molecule has 8 heteroatoms. The molecule has 7 nitrogen and oxygen atoms in total. The van der Waals surface area contributed by atoms with Crippen molar-refractivity contribution in [3.63, 3.8) is 0 Å². The molecular weight excluding hydrogens is 366 g/mol. The third-order valence-electron chi connectivity index (χ3n) is 4.84. The summed E-state index contributed by atoms with van der Waals surface area (Å²) in [7, 11) is -3.44. The van der Waals surface area contributed by atoms with E-state index in [0.29, 0.717) is 18.4 Å². The molecule has 144 valence electrons. The van der Waals surface area contributed by atoms with E-state index in [0.717, 1.165) is 24.0 Å². The fourth-order valence-corrected chi connectivity index (χ4v) is 5.37. The number of aromatic nitrogens is 1. The average molecular weight is 389 g/mol. The van der Waals surface area contributed by atoms with E-state index < -0.39 is 15.9 Å². The molecule has 3 rings (SSSR count). The Bertz CT molecular complexity index is 864. The fraction of sp³-hybridized carbons (Fsp3) is 0.368. The van der Waals surface area contributed by atoms with Crippen LogP contribution in [0.4, 0.5) is 0 Å². The molecule has 1 aromatic carbocycles. The van der Waals surface area contributed by atoms with Crippen LogP contribution in [0.25, 0.3) is 0 Å². The Balaban J connectivity index is 1.84. The van der Waals surface area contributed by atoms with Crippen molar-refractivity contribution >= 4 is 15.9 Å². The molecule has 1 amide bonds. The minimum absolute atomic E-state index is 0.217. The zero-order chi connectivity index (χ0) is 19.3. The summed E-state index contributed by atoms with van der Waals surface area (Å²) in [6.07, 6.45) is 6.60. The van der Waals surface area contributed by atoms with Gasteiger partial charge in [0.1, 0.15) is 0 Å². The van der Waals surface area contributed by atoms with E-state index in [2.05, 4.69) is 4.98 Å². The maximum atomic E-state index is 13.2. The van der Waals surface area contributed by atoms with E-state index in [4.69, 9.17) is 5.21 Å². The molecule has 0 radical (unpaired) electrons. The number of carbonyl (C=O) groups excluding carboxylic acids is 1. The van der Waals surface area contributed by atoms with E-state index in [1.54, 1.807) is 48.2 Å². The molecule has 0 atom stereocenters. The Morgan fingerprint density at radius 1 is 1.11 bits per heavy atom. The summed E-state index contributed by atoms with van der Waals surface area (Å²) in [4.78, 5) is 15.5. The second-order valence-electron chi connectivity index (χ2n) is 6.72. The van der Waals surface area contributed by atoms with E-state index in [-0.39, 0.29) is 18.3 Å². The van der Waals surface area contributed by atoms with Crippen molar-refractivity contribution in [1.29, 1.82) is 0 Å².